The predicted molar refractivity (Wildman–Crippen MR) is 613 cm³/mol. The first kappa shape index (κ1) is 123. The molecule has 0 saturated heterocycles. The summed E-state index contributed by atoms with van der Waals surface area (Å²) in [5.74, 6) is 14.9. The van der Waals surface area contributed by atoms with Gasteiger partial charge in [0.2, 0.25) is 0 Å². The Morgan fingerprint density at radius 3 is 1.20 bits per heavy atom. The summed E-state index contributed by atoms with van der Waals surface area (Å²) in [6, 6.07) is 37.6. The number of allylic oxidation sites excluding steroid dienone is 9. The monoisotopic (exact) mass is 2080 g/mol. The zero-order valence-corrected chi connectivity index (χ0v) is 106. The first-order valence-electron chi connectivity index (χ1n) is 55.3. The van der Waals surface area contributed by atoms with Crippen molar-refractivity contribution in [3.8, 4) is 11.1 Å². The summed E-state index contributed by atoms with van der Waals surface area (Å²) >= 11 is 5.87. The predicted octanol–water partition coefficient (Wildman–Crippen LogP) is 31.5. The molecule has 21 unspecified atom stereocenters. The standard InChI is InChI=1S/2C32H54Si2.C32H42Si2.C13H25ClSi2.C9H18.2CH3.2ClH.3Li.Zr/c3*1-7-8-13-24-18-19-27(21-24)33(3,4)34(5,6)32-23(2)20-29-30(32)22-26-16-12-17-28(26)31(29)25-14-10-9-11-15-25;1-6-7-8-12-9-10-13(11-12)15(2,3)16(4,5)14;1-2-3-6-9-7-4-5-8-9;;;;;;;;/h2*9-11,14-15,23-24,26-32H,7-8,12-13,16-22H2,1-6H3;9-11,14-15,18-22,27,32H,7-8,12-13,16-17H2,1-6H3;9-11,13H,6-8H2,1-5H3;9H,2-8H2,1H3;2*1H3;2*1H;;;;/q;;;;;2*-1;;;3*+1;+4/p-2. The second-order valence-corrected chi connectivity index (χ2v) is 121. The number of hydrogen-bond donors (Lipinski definition) is 0. The summed E-state index contributed by atoms with van der Waals surface area (Å²) in [6.45, 7) is 61.6. The number of rotatable bonds is 29. The van der Waals surface area contributed by atoms with Gasteiger partial charge in [0.05, 0.1) is 22.8 Å². The van der Waals surface area contributed by atoms with Crippen molar-refractivity contribution in [1.82, 2.24) is 0 Å². The van der Waals surface area contributed by atoms with Crippen molar-refractivity contribution in [2.45, 2.75) is 455 Å². The number of unbranched alkanes of at least 4 members (excludes halogenated alkanes) is 5. The van der Waals surface area contributed by atoms with E-state index in [2.05, 4.69) is 300 Å². The molecular weight excluding hydrogens is 1880 g/mol. The molecule has 13 aliphatic rings. The van der Waals surface area contributed by atoms with Crippen molar-refractivity contribution >= 4 is 94.2 Å². The molecule has 0 amide bonds. The van der Waals surface area contributed by atoms with Crippen molar-refractivity contribution in [3.05, 3.63) is 198 Å². The van der Waals surface area contributed by atoms with Gasteiger partial charge >= 0.3 is 94.5 Å². The van der Waals surface area contributed by atoms with Crippen LogP contribution in [0.3, 0.4) is 0 Å². The Hall–Kier alpha value is 0.860. The molecule has 135 heavy (non-hydrogen) atoms. The molecule has 13 aliphatic carbocycles. The van der Waals surface area contributed by atoms with Crippen LogP contribution in [0.25, 0.3) is 17.2 Å². The van der Waals surface area contributed by atoms with Crippen molar-refractivity contribution in [2.24, 2.45) is 76.9 Å². The fraction of sp³-hybridized carbons (Fsp3) is 0.700. The maximum atomic E-state index is 6.69. The summed E-state index contributed by atoms with van der Waals surface area (Å²) in [6.07, 6.45) is 73.0. The van der Waals surface area contributed by atoms with Crippen LogP contribution in [0.5, 0.6) is 0 Å². The van der Waals surface area contributed by atoms with E-state index in [4.69, 9.17) is 28.1 Å². The Morgan fingerprint density at radius 2 is 0.793 bits per heavy atom. The fourth-order valence-electron chi connectivity index (χ4n) is 31.8. The molecule has 17 rings (SSSR count). The van der Waals surface area contributed by atoms with Crippen molar-refractivity contribution < 1.29 is 77.4 Å². The number of aryl methyl sites for hydroxylation is 1. The molecule has 21 atom stereocenters. The van der Waals surface area contributed by atoms with Crippen LogP contribution in [0.4, 0.5) is 0 Å². The molecule has 736 valence electrons. The van der Waals surface area contributed by atoms with Gasteiger partial charge in [-0.3, -0.25) is 0 Å². The third-order valence-corrected chi connectivity index (χ3v) is 122. The molecule has 9 saturated carbocycles. The van der Waals surface area contributed by atoms with Crippen LogP contribution < -0.4 is 56.6 Å². The second-order valence-electron chi connectivity index (χ2n) is 50.5. The maximum Gasteiger partial charge on any atom is 1.00 e. The van der Waals surface area contributed by atoms with Crippen LogP contribution in [0.15, 0.2) is 150 Å². The molecule has 0 aliphatic heterocycles. The van der Waals surface area contributed by atoms with E-state index in [-0.39, 0.29) is 71.4 Å². The molecule has 0 spiro atoms. The zero-order chi connectivity index (χ0) is 93.9. The number of benzene rings is 4. The largest absolute Gasteiger partial charge is 1.00 e. The van der Waals surface area contributed by atoms with E-state index in [1.54, 1.807) is 107 Å². The van der Waals surface area contributed by atoms with Gasteiger partial charge in [-0.25, -0.2) is 0 Å². The van der Waals surface area contributed by atoms with E-state index in [0.717, 1.165) is 111 Å². The quantitative estimate of drug-likeness (QED) is 0.0289. The molecule has 4 aromatic carbocycles. The van der Waals surface area contributed by atoms with Gasteiger partial charge in [-0.15, -0.1) is 0 Å². The van der Waals surface area contributed by atoms with E-state index in [1.165, 1.54) is 198 Å². The average Bonchev–Trinajstić information content (AvgIpc) is 1.57. The van der Waals surface area contributed by atoms with E-state index < -0.39 is 80.9 Å². The van der Waals surface area contributed by atoms with Gasteiger partial charge in [-0.1, -0.05) is 470 Å². The van der Waals surface area contributed by atoms with Gasteiger partial charge in [0.15, 0.2) is 0 Å². The number of halogens is 3. The summed E-state index contributed by atoms with van der Waals surface area (Å²) in [4.78, 5) is 0. The Bertz CT molecular complexity index is 4220. The average molecular weight is 2090 g/mol. The van der Waals surface area contributed by atoms with E-state index in [0.29, 0.717) is 16.6 Å². The fourth-order valence-corrected chi connectivity index (χ4v) is 78.9. The van der Waals surface area contributed by atoms with Crippen LogP contribution in [-0.4, -0.2) is 60.0 Å². The molecule has 0 radical (unpaired) electrons. The summed E-state index contributed by atoms with van der Waals surface area (Å²) in [5, 5.41) is 0. The van der Waals surface area contributed by atoms with E-state index in [9.17, 15) is 0 Å². The van der Waals surface area contributed by atoms with Gasteiger partial charge in [-0.2, -0.15) is 11.1 Å². The Kier molecular flexibility index (Phi) is 49.9. The van der Waals surface area contributed by atoms with Gasteiger partial charge < -0.3 is 14.9 Å². The van der Waals surface area contributed by atoms with Crippen molar-refractivity contribution in [2.75, 3.05) is 0 Å². The molecule has 0 aromatic heterocycles. The molecule has 15 heteroatoms. The molecular formula is C120H199Cl3Li3Si8Zr+3. The van der Waals surface area contributed by atoms with Crippen LogP contribution in [0.2, 0.25) is 138 Å². The molecule has 4 aromatic rings. The Balaban J connectivity index is 0.000000238. The van der Waals surface area contributed by atoms with Gasteiger partial charge in [-0.05, 0) is 262 Å². The zero-order valence-electron chi connectivity index (χ0n) is 93.0. The molecule has 0 nitrogen and oxygen atoms in total. The van der Waals surface area contributed by atoms with Gasteiger partial charge in [0.25, 0.3) is 0 Å². The van der Waals surface area contributed by atoms with E-state index >= 15 is 0 Å². The van der Waals surface area contributed by atoms with Gasteiger partial charge in [0, 0.05) is 30.4 Å². The Labute approximate surface area is 903 Å². The minimum absolute atomic E-state index is 0. The third kappa shape index (κ3) is 27.9. The second kappa shape index (κ2) is 54.9. The molecule has 0 heterocycles. The first-order valence-corrected chi connectivity index (χ1v) is 91.2. The topological polar surface area (TPSA) is 0 Å². The Morgan fingerprint density at radius 1 is 0.393 bits per heavy atom. The molecule has 0 bridgehead atoms. The minimum atomic E-state index is -1.62. The maximum absolute atomic E-state index is 6.69. The number of hydrogen-bond acceptors (Lipinski definition) is 0. The van der Waals surface area contributed by atoms with Crippen molar-refractivity contribution in [1.29, 1.82) is 0 Å². The third-order valence-electron chi connectivity index (χ3n) is 41.5. The van der Waals surface area contributed by atoms with Gasteiger partial charge in [0.1, 0.15) is 6.90 Å². The normalized spacial score (nSPS) is 29.7. The van der Waals surface area contributed by atoms with Crippen molar-refractivity contribution in [3.63, 3.8) is 0 Å². The van der Waals surface area contributed by atoms with Crippen LogP contribution in [-0.2, 0) is 33.7 Å². The van der Waals surface area contributed by atoms with E-state index in [1.807, 2.05) is 0 Å². The summed E-state index contributed by atoms with van der Waals surface area (Å²) in [7, 11) is 0.217. The first-order chi connectivity index (χ1) is 61.9. The van der Waals surface area contributed by atoms with Crippen LogP contribution >= 0.6 is 28.1 Å². The SMILES string of the molecule is CCCCC1=CC([Si](C)(C)[Si](C)(C)C2C(C)=Cc3c2cc2c(c3-c3ccccc3)CCC2)C=C1.CCCCC1=CC([Si](C)(C)[Si](C)(C)Cl)C=C1.CCCCC1CCC([Si](C)(C)[Si](C)(C)C2C(C)CC3C2CC2CCCC2C3c2ccccc2)C1.CCCCC1CCC([Si](C)(C)[Si](C)(C)C2C(C)CC3C2CC2CCCC2C3c2ccccc2)C1.CCCCC1CCCC1.[CH3-].[CH3-].[Cl][Zr+2][Cl].[Li+].[Li+].[Li+]. The molecule has 9 fully saturated rings. The minimum Gasteiger partial charge on any atom is 1.00 e. The summed E-state index contributed by atoms with van der Waals surface area (Å²) < 4.78 is 0. The summed E-state index contributed by atoms with van der Waals surface area (Å²) in [5.41, 5.74) is 24.1. The number of fused-ring (bicyclic) bond motifs is 6. The van der Waals surface area contributed by atoms with Crippen LogP contribution in [0.1, 0.15) is 337 Å². The molecule has 0 N–H and O–H groups in total. The smallest absolute Gasteiger partial charge is 1.00 e. The van der Waals surface area contributed by atoms with Crippen LogP contribution in [0, 0.1) is 91.8 Å².